The number of rotatable bonds is 16. The Kier molecular flexibility index (Phi) is 11.4. The van der Waals surface area contributed by atoms with Crippen molar-refractivity contribution in [2.24, 2.45) is 11.8 Å². The Balaban J connectivity index is 1.44. The Morgan fingerprint density at radius 1 is 0.796 bits per heavy atom. The van der Waals surface area contributed by atoms with Crippen molar-refractivity contribution in [1.82, 2.24) is 19.6 Å². The summed E-state index contributed by atoms with van der Waals surface area (Å²) in [6.07, 6.45) is 10.3. The van der Waals surface area contributed by atoms with Crippen LogP contribution >= 0.6 is 0 Å². The van der Waals surface area contributed by atoms with E-state index in [4.69, 9.17) is 29.3 Å². The first-order valence-corrected chi connectivity index (χ1v) is 25.7. The largest absolute Gasteiger partial charge is 0.380 e. The summed E-state index contributed by atoms with van der Waals surface area (Å²) in [5.74, 6) is 2.93. The number of anilines is 1. The number of benzene rings is 1. The van der Waals surface area contributed by atoms with E-state index in [9.17, 15) is 0 Å². The molecule has 3 heterocycles. The molecular weight excluding hydrogens is 643 g/mol. The van der Waals surface area contributed by atoms with Gasteiger partial charge in [0.1, 0.15) is 19.3 Å². The number of fused-ring (bicyclic) bond motifs is 3. The van der Waals surface area contributed by atoms with Gasteiger partial charge in [0.05, 0.1) is 24.2 Å². The molecule has 0 spiro atoms. The van der Waals surface area contributed by atoms with E-state index < -0.39 is 16.1 Å². The number of ether oxygens (including phenoxy) is 3. The third-order valence-electron chi connectivity index (χ3n) is 10.2. The summed E-state index contributed by atoms with van der Waals surface area (Å²) in [6, 6.07) is 16.8. The molecule has 2 saturated carbocycles. The average Bonchev–Trinajstić information content (AvgIpc) is 3.65. The summed E-state index contributed by atoms with van der Waals surface area (Å²) < 4.78 is 20.9. The van der Waals surface area contributed by atoms with E-state index in [0.717, 1.165) is 82.2 Å². The Labute approximate surface area is 295 Å². The van der Waals surface area contributed by atoms with E-state index in [1.54, 1.807) is 7.11 Å². The molecule has 8 nitrogen and oxygen atoms in total. The first-order valence-electron chi connectivity index (χ1n) is 18.3. The molecule has 10 heteroatoms. The molecule has 2 aliphatic carbocycles. The van der Waals surface area contributed by atoms with Crippen LogP contribution < -0.4 is 4.90 Å². The maximum atomic E-state index is 6.46. The van der Waals surface area contributed by atoms with Crippen LogP contribution in [0.3, 0.4) is 0 Å². The second-order valence-corrected chi connectivity index (χ2v) is 28.0. The topological polar surface area (TPSA) is 74.0 Å². The van der Waals surface area contributed by atoms with Crippen LogP contribution in [-0.4, -0.2) is 69.5 Å². The summed E-state index contributed by atoms with van der Waals surface area (Å²) >= 11 is 0. The SMILES string of the molecule is COCc1c(C2C[C@H]3CC[C@@H](C2)C3)nc2c(-c3ccc(-c4ccccc4)nc3)cnn2c1N(COCC[Si](C)(C)C)COCC[Si](C)(C)C. The van der Waals surface area contributed by atoms with Crippen molar-refractivity contribution in [3.63, 3.8) is 0 Å². The first kappa shape index (κ1) is 35.9. The molecular formula is C39H57N5O3Si2. The van der Waals surface area contributed by atoms with Crippen LogP contribution in [0.2, 0.25) is 51.4 Å². The predicted molar refractivity (Wildman–Crippen MR) is 206 cm³/mol. The second kappa shape index (κ2) is 15.6. The van der Waals surface area contributed by atoms with Gasteiger partial charge in [0.2, 0.25) is 0 Å². The Hall–Kier alpha value is -2.90. The summed E-state index contributed by atoms with van der Waals surface area (Å²) in [5.41, 5.74) is 7.16. The monoisotopic (exact) mass is 699 g/mol. The molecule has 4 aromatic rings. The van der Waals surface area contributed by atoms with Crippen molar-refractivity contribution in [3.05, 3.63) is 66.1 Å². The minimum absolute atomic E-state index is 0.393. The molecule has 1 aromatic carbocycles. The summed E-state index contributed by atoms with van der Waals surface area (Å²) in [5, 5.41) is 5.03. The van der Waals surface area contributed by atoms with Crippen molar-refractivity contribution >= 4 is 27.6 Å². The predicted octanol–water partition coefficient (Wildman–Crippen LogP) is 9.33. The highest BCUT2D eigenvalue weighted by molar-refractivity contribution is 6.76. The summed E-state index contributed by atoms with van der Waals surface area (Å²) in [7, 11) is -0.713. The first-order chi connectivity index (χ1) is 23.5. The molecule has 0 saturated heterocycles. The van der Waals surface area contributed by atoms with Gasteiger partial charge in [-0.2, -0.15) is 9.61 Å². The lowest BCUT2D eigenvalue weighted by atomic mass is 9.78. The Bertz CT molecular complexity index is 1630. The van der Waals surface area contributed by atoms with Crippen molar-refractivity contribution in [3.8, 4) is 22.4 Å². The maximum absolute atomic E-state index is 6.46. The van der Waals surface area contributed by atoms with Crippen molar-refractivity contribution in [2.75, 3.05) is 38.7 Å². The summed E-state index contributed by atoms with van der Waals surface area (Å²) in [4.78, 5) is 12.6. The van der Waals surface area contributed by atoms with Gasteiger partial charge in [-0.1, -0.05) is 88.5 Å². The zero-order valence-electron chi connectivity index (χ0n) is 30.9. The van der Waals surface area contributed by atoms with E-state index >= 15 is 0 Å². The van der Waals surface area contributed by atoms with Gasteiger partial charge in [0.15, 0.2) is 5.65 Å². The maximum Gasteiger partial charge on any atom is 0.165 e. The molecule has 1 unspecified atom stereocenters. The zero-order chi connectivity index (χ0) is 34.6. The van der Waals surface area contributed by atoms with Crippen LogP contribution in [0.4, 0.5) is 5.82 Å². The fourth-order valence-corrected chi connectivity index (χ4v) is 9.02. The van der Waals surface area contributed by atoms with Gasteiger partial charge in [-0.15, -0.1) is 0 Å². The number of pyridine rings is 1. The Morgan fingerprint density at radius 3 is 2.02 bits per heavy atom. The van der Waals surface area contributed by atoms with Gasteiger partial charge in [0, 0.05) is 70.8 Å². The smallest absolute Gasteiger partial charge is 0.165 e. The van der Waals surface area contributed by atoms with Crippen molar-refractivity contribution in [1.29, 1.82) is 0 Å². The molecule has 0 N–H and O–H groups in total. The average molecular weight is 700 g/mol. The van der Waals surface area contributed by atoms with E-state index in [2.05, 4.69) is 68.4 Å². The normalized spacial score (nSPS) is 19.5. The highest BCUT2D eigenvalue weighted by Gasteiger charge is 2.38. The van der Waals surface area contributed by atoms with Crippen LogP contribution in [0.1, 0.15) is 49.3 Å². The van der Waals surface area contributed by atoms with Crippen LogP contribution in [0, 0.1) is 11.8 Å². The Morgan fingerprint density at radius 2 is 1.45 bits per heavy atom. The van der Waals surface area contributed by atoms with E-state index in [1.165, 1.54) is 32.1 Å². The molecule has 0 amide bonds. The van der Waals surface area contributed by atoms with Gasteiger partial charge >= 0.3 is 0 Å². The third-order valence-corrected chi connectivity index (χ3v) is 13.6. The fourth-order valence-electron chi connectivity index (χ4n) is 7.51. The molecule has 6 rings (SSSR count). The third kappa shape index (κ3) is 9.07. The van der Waals surface area contributed by atoms with Crippen LogP contribution in [0.5, 0.6) is 0 Å². The lowest BCUT2D eigenvalue weighted by Gasteiger charge is -2.32. The quantitative estimate of drug-likeness (QED) is 0.0656. The molecule has 0 radical (unpaired) electrons. The number of hydrogen-bond donors (Lipinski definition) is 0. The molecule has 0 aliphatic heterocycles. The highest BCUT2D eigenvalue weighted by atomic mass is 28.3. The van der Waals surface area contributed by atoms with E-state index in [-0.39, 0.29) is 0 Å². The van der Waals surface area contributed by atoms with Crippen molar-refractivity contribution < 1.29 is 14.2 Å². The molecule has 3 atom stereocenters. The molecule has 2 fully saturated rings. The van der Waals surface area contributed by atoms with Gasteiger partial charge < -0.3 is 19.1 Å². The lowest BCUT2D eigenvalue weighted by Crippen LogP contribution is -2.35. The lowest BCUT2D eigenvalue weighted by molar-refractivity contribution is 0.0934. The molecule has 2 bridgehead atoms. The molecule has 264 valence electrons. The number of methoxy groups -OCH3 is 1. The molecule has 3 aromatic heterocycles. The van der Waals surface area contributed by atoms with Crippen LogP contribution in [-0.2, 0) is 20.8 Å². The number of nitrogens with zero attached hydrogens (tertiary/aromatic N) is 5. The van der Waals surface area contributed by atoms with E-state index in [1.807, 2.05) is 35.1 Å². The number of aromatic nitrogens is 4. The molecule has 2 aliphatic rings. The van der Waals surface area contributed by atoms with Gasteiger partial charge in [-0.3, -0.25) is 4.98 Å². The van der Waals surface area contributed by atoms with E-state index in [0.29, 0.717) is 26.0 Å². The standard InChI is InChI=1S/C39H57N5O3Si2/c1-45-26-35-37(33-22-29-13-14-30(21-29)23-33)42-38-34(32-15-16-36(40-24-32)31-11-9-8-10-12-31)25-41-44(38)39(35)43(27-46-17-19-48(2,3)4)28-47-18-20-49(5,6)7/h8-12,15-16,24-25,29-30,33H,13-14,17-23,26-28H2,1-7H3/t29-,30+,33?. The number of hydrogen-bond acceptors (Lipinski definition) is 7. The van der Waals surface area contributed by atoms with Crippen molar-refractivity contribution in [2.45, 2.75) is 96.0 Å². The van der Waals surface area contributed by atoms with Crippen LogP contribution in [0.25, 0.3) is 28.0 Å². The van der Waals surface area contributed by atoms with Gasteiger partial charge in [0.25, 0.3) is 0 Å². The highest BCUT2D eigenvalue weighted by Crippen LogP contribution is 2.49. The minimum Gasteiger partial charge on any atom is -0.380 e. The molecule has 49 heavy (non-hydrogen) atoms. The fraction of sp³-hybridized carbons (Fsp3) is 0.564. The van der Waals surface area contributed by atoms with Gasteiger partial charge in [-0.25, -0.2) is 4.98 Å². The zero-order valence-corrected chi connectivity index (χ0v) is 32.9. The summed E-state index contributed by atoms with van der Waals surface area (Å²) in [6.45, 7) is 17.1. The second-order valence-electron chi connectivity index (χ2n) is 16.8. The van der Waals surface area contributed by atoms with Gasteiger partial charge in [-0.05, 0) is 49.3 Å². The van der Waals surface area contributed by atoms with Crippen LogP contribution in [0.15, 0.2) is 54.9 Å². The minimum atomic E-state index is -1.25.